The number of aryl methyl sites for hydroxylation is 1. The highest BCUT2D eigenvalue weighted by molar-refractivity contribution is 5.72. The van der Waals surface area contributed by atoms with Crippen molar-refractivity contribution in [3.63, 3.8) is 0 Å². The standard InChI is InChI=1S/C41H56N4O5/c1-26(2)37-32-13-11-12-29(31(32)14-17-45(37)39(47)50-40(5,6)7)22-43-18-19-44(41(25-43)15-16-41)24-34-35(48-9)20-30(21-36(34)49-10)33-23-42(8)38(46)28(4)27(33)3/h11-13,20-21,23,26,37H,14-19,22,24-25H2,1-10H3. The molecule has 1 aliphatic carbocycles. The second-order valence-corrected chi connectivity index (χ2v) is 16.0. The van der Waals surface area contributed by atoms with E-state index in [1.807, 2.05) is 45.7 Å². The topological polar surface area (TPSA) is 76.5 Å². The van der Waals surface area contributed by atoms with Crippen LogP contribution in [0.5, 0.6) is 11.5 Å². The van der Waals surface area contributed by atoms with Gasteiger partial charge in [0.25, 0.3) is 5.56 Å². The first-order valence-electron chi connectivity index (χ1n) is 18.2. The molecule has 2 fully saturated rings. The molecule has 3 heterocycles. The first-order chi connectivity index (χ1) is 23.7. The first kappa shape index (κ1) is 36.0. The molecule has 1 unspecified atom stereocenters. The number of benzene rings is 2. The van der Waals surface area contributed by atoms with E-state index in [1.165, 1.54) is 29.5 Å². The van der Waals surface area contributed by atoms with Crippen LogP contribution in [0.15, 0.2) is 41.3 Å². The number of rotatable bonds is 8. The number of carbonyl (C=O) groups is 1. The number of aromatic nitrogens is 1. The molecule has 50 heavy (non-hydrogen) atoms. The minimum atomic E-state index is -0.524. The van der Waals surface area contributed by atoms with E-state index in [0.717, 1.165) is 78.5 Å². The molecular formula is C41H56N4O5. The highest BCUT2D eigenvalue weighted by atomic mass is 16.6. The number of nitrogens with zero attached hydrogens (tertiary/aromatic N) is 4. The highest BCUT2D eigenvalue weighted by Gasteiger charge is 2.51. The molecule has 1 amide bonds. The van der Waals surface area contributed by atoms with Crippen LogP contribution in [0.4, 0.5) is 4.79 Å². The van der Waals surface area contributed by atoms with Crippen LogP contribution in [0.3, 0.4) is 0 Å². The van der Waals surface area contributed by atoms with Gasteiger partial charge in [-0.05, 0) is 99.7 Å². The number of hydrogen-bond donors (Lipinski definition) is 0. The second kappa shape index (κ2) is 13.7. The molecule has 1 aromatic heterocycles. The molecule has 1 saturated carbocycles. The van der Waals surface area contributed by atoms with Gasteiger partial charge in [0.2, 0.25) is 0 Å². The zero-order valence-corrected chi connectivity index (χ0v) is 31.8. The summed E-state index contributed by atoms with van der Waals surface area (Å²) in [4.78, 5) is 33.0. The summed E-state index contributed by atoms with van der Waals surface area (Å²) in [5.74, 6) is 1.88. The molecule has 9 heteroatoms. The van der Waals surface area contributed by atoms with E-state index in [2.05, 4.69) is 54.0 Å². The Morgan fingerprint density at radius 2 is 1.66 bits per heavy atom. The Morgan fingerprint density at radius 1 is 0.980 bits per heavy atom. The van der Waals surface area contributed by atoms with Crippen molar-refractivity contribution in [1.82, 2.24) is 19.3 Å². The maximum atomic E-state index is 13.3. The molecule has 2 aliphatic heterocycles. The zero-order valence-electron chi connectivity index (χ0n) is 31.8. The summed E-state index contributed by atoms with van der Waals surface area (Å²) in [6.45, 7) is 19.4. The number of fused-ring (bicyclic) bond motifs is 1. The van der Waals surface area contributed by atoms with Crippen LogP contribution in [0.25, 0.3) is 11.1 Å². The van der Waals surface area contributed by atoms with Gasteiger partial charge in [-0.1, -0.05) is 32.0 Å². The fraction of sp³-hybridized carbons (Fsp3) is 0.561. The second-order valence-electron chi connectivity index (χ2n) is 16.0. The summed E-state index contributed by atoms with van der Waals surface area (Å²) in [5, 5.41) is 0. The van der Waals surface area contributed by atoms with Crippen LogP contribution in [0, 0.1) is 19.8 Å². The zero-order chi connectivity index (χ0) is 36.1. The van der Waals surface area contributed by atoms with Gasteiger partial charge in [0.15, 0.2) is 0 Å². The number of piperazine rings is 1. The lowest BCUT2D eigenvalue weighted by molar-refractivity contribution is 0.00859. The third kappa shape index (κ3) is 6.91. The van der Waals surface area contributed by atoms with Gasteiger partial charge in [-0.3, -0.25) is 14.6 Å². The van der Waals surface area contributed by atoms with Crippen molar-refractivity contribution in [3.05, 3.63) is 80.3 Å². The van der Waals surface area contributed by atoms with Crippen molar-refractivity contribution in [1.29, 1.82) is 0 Å². The minimum absolute atomic E-state index is 0.00159. The Morgan fingerprint density at radius 3 is 2.26 bits per heavy atom. The maximum Gasteiger partial charge on any atom is 0.410 e. The molecule has 270 valence electrons. The summed E-state index contributed by atoms with van der Waals surface area (Å²) in [5.41, 5.74) is 8.44. The number of amides is 1. The Balaban J connectivity index is 1.20. The predicted octanol–water partition coefficient (Wildman–Crippen LogP) is 7.03. The van der Waals surface area contributed by atoms with E-state index in [9.17, 15) is 9.59 Å². The van der Waals surface area contributed by atoms with Gasteiger partial charge in [-0.25, -0.2) is 4.79 Å². The van der Waals surface area contributed by atoms with Crippen molar-refractivity contribution in [3.8, 4) is 22.6 Å². The average Bonchev–Trinajstić information content (AvgIpc) is 3.84. The van der Waals surface area contributed by atoms with Gasteiger partial charge < -0.3 is 23.7 Å². The molecule has 0 radical (unpaired) electrons. The summed E-state index contributed by atoms with van der Waals surface area (Å²) in [6.07, 6.45) is 4.87. The SMILES string of the molecule is COc1cc(-c2cn(C)c(=O)c(C)c2C)cc(OC)c1CN1CCN(Cc2cccc3c2CCN(C(=O)OC(C)(C)C)C3C(C)C)CC12CC2. The molecule has 1 spiro atoms. The molecule has 1 atom stereocenters. The maximum absolute atomic E-state index is 13.3. The van der Waals surface area contributed by atoms with Gasteiger partial charge in [0.1, 0.15) is 17.1 Å². The lowest BCUT2D eigenvalue weighted by Crippen LogP contribution is -2.54. The Bertz CT molecular complexity index is 1790. The smallest absolute Gasteiger partial charge is 0.410 e. The molecule has 3 aliphatic rings. The van der Waals surface area contributed by atoms with Gasteiger partial charge in [0.05, 0.1) is 25.8 Å². The lowest BCUT2D eigenvalue weighted by atomic mass is 9.84. The number of ether oxygens (including phenoxy) is 3. The molecular weight excluding hydrogens is 628 g/mol. The van der Waals surface area contributed by atoms with Crippen molar-refractivity contribution < 1.29 is 19.0 Å². The Kier molecular flexibility index (Phi) is 9.87. The molecule has 1 saturated heterocycles. The lowest BCUT2D eigenvalue weighted by Gasteiger charge is -2.44. The van der Waals surface area contributed by atoms with E-state index in [1.54, 1.807) is 25.8 Å². The van der Waals surface area contributed by atoms with Gasteiger partial charge >= 0.3 is 6.09 Å². The van der Waals surface area contributed by atoms with Crippen LogP contribution >= 0.6 is 0 Å². The van der Waals surface area contributed by atoms with E-state index < -0.39 is 5.60 Å². The molecule has 6 rings (SSSR count). The summed E-state index contributed by atoms with van der Waals surface area (Å²) in [7, 11) is 5.25. The van der Waals surface area contributed by atoms with Crippen LogP contribution in [0.1, 0.15) is 86.9 Å². The minimum Gasteiger partial charge on any atom is -0.496 e. The van der Waals surface area contributed by atoms with Crippen LogP contribution in [0.2, 0.25) is 0 Å². The van der Waals surface area contributed by atoms with Crippen molar-refractivity contribution in [2.24, 2.45) is 13.0 Å². The Labute approximate surface area is 298 Å². The van der Waals surface area contributed by atoms with Gasteiger partial charge in [-0.15, -0.1) is 0 Å². The Hall–Kier alpha value is -3.82. The van der Waals surface area contributed by atoms with Crippen molar-refractivity contribution in [2.45, 2.75) is 98.0 Å². The van der Waals surface area contributed by atoms with E-state index in [4.69, 9.17) is 14.2 Å². The third-order valence-electron chi connectivity index (χ3n) is 11.1. The molecule has 3 aromatic rings. The number of methoxy groups -OCH3 is 2. The molecule has 0 N–H and O–H groups in total. The normalized spacial score (nSPS) is 19.1. The monoisotopic (exact) mass is 684 g/mol. The number of carbonyl (C=O) groups excluding carboxylic acids is 1. The van der Waals surface area contributed by atoms with Crippen LogP contribution in [-0.2, 0) is 31.3 Å². The van der Waals surface area contributed by atoms with E-state index in [-0.39, 0.29) is 29.2 Å². The third-order valence-corrected chi connectivity index (χ3v) is 11.1. The van der Waals surface area contributed by atoms with E-state index >= 15 is 0 Å². The molecule has 0 bridgehead atoms. The predicted molar refractivity (Wildman–Crippen MR) is 198 cm³/mol. The molecule has 9 nitrogen and oxygen atoms in total. The number of hydrogen-bond acceptors (Lipinski definition) is 7. The summed E-state index contributed by atoms with van der Waals surface area (Å²) >= 11 is 0. The van der Waals surface area contributed by atoms with Crippen molar-refractivity contribution in [2.75, 3.05) is 40.4 Å². The number of pyridine rings is 1. The van der Waals surface area contributed by atoms with Crippen LogP contribution < -0.4 is 15.0 Å². The first-order valence-corrected chi connectivity index (χ1v) is 18.2. The fourth-order valence-electron chi connectivity index (χ4n) is 8.26. The van der Waals surface area contributed by atoms with Gasteiger partial charge in [0, 0.05) is 69.2 Å². The summed E-state index contributed by atoms with van der Waals surface area (Å²) in [6, 6.07) is 10.9. The largest absolute Gasteiger partial charge is 0.496 e. The quantitative estimate of drug-likeness (QED) is 0.252. The summed E-state index contributed by atoms with van der Waals surface area (Å²) < 4.78 is 19.5. The fourth-order valence-corrected chi connectivity index (χ4v) is 8.26. The molecule has 2 aromatic carbocycles. The van der Waals surface area contributed by atoms with Gasteiger partial charge in [-0.2, -0.15) is 0 Å². The van der Waals surface area contributed by atoms with E-state index in [0.29, 0.717) is 6.54 Å². The van der Waals surface area contributed by atoms with Crippen molar-refractivity contribution >= 4 is 6.09 Å². The highest BCUT2D eigenvalue weighted by Crippen LogP contribution is 2.47. The average molecular weight is 685 g/mol. The van der Waals surface area contributed by atoms with Crippen LogP contribution in [-0.4, -0.2) is 76.9 Å².